The van der Waals surface area contributed by atoms with Gasteiger partial charge in [-0.3, -0.25) is 0 Å². The molecule has 1 atom stereocenters. The SMILES string of the molecule is Cc1ncsc1CNC(CO)Cc1ccccc1. The quantitative estimate of drug-likeness (QED) is 0.838. The fourth-order valence-corrected chi connectivity index (χ4v) is 2.56. The fraction of sp³-hybridized carbons (Fsp3) is 0.357. The van der Waals surface area contributed by atoms with Crippen LogP contribution in [-0.4, -0.2) is 22.7 Å². The molecule has 3 nitrogen and oxygen atoms in total. The van der Waals surface area contributed by atoms with E-state index < -0.39 is 0 Å². The summed E-state index contributed by atoms with van der Waals surface area (Å²) in [7, 11) is 0. The molecule has 2 rings (SSSR count). The number of aryl methyl sites for hydroxylation is 1. The normalized spacial score (nSPS) is 12.6. The molecule has 18 heavy (non-hydrogen) atoms. The van der Waals surface area contributed by atoms with Crippen LogP contribution in [-0.2, 0) is 13.0 Å². The van der Waals surface area contributed by atoms with Crippen molar-refractivity contribution in [2.24, 2.45) is 0 Å². The Balaban J connectivity index is 1.88. The monoisotopic (exact) mass is 262 g/mol. The summed E-state index contributed by atoms with van der Waals surface area (Å²) < 4.78 is 0. The molecule has 96 valence electrons. The highest BCUT2D eigenvalue weighted by Gasteiger charge is 2.09. The Hall–Kier alpha value is -1.23. The van der Waals surface area contributed by atoms with Crippen LogP contribution in [0.15, 0.2) is 35.8 Å². The van der Waals surface area contributed by atoms with Gasteiger partial charge in [0.15, 0.2) is 0 Å². The zero-order valence-electron chi connectivity index (χ0n) is 10.5. The lowest BCUT2D eigenvalue weighted by Gasteiger charge is -2.16. The van der Waals surface area contributed by atoms with Crippen LogP contribution in [0.25, 0.3) is 0 Å². The minimum atomic E-state index is 0.0916. The number of hydrogen-bond donors (Lipinski definition) is 2. The number of aliphatic hydroxyl groups excluding tert-OH is 1. The summed E-state index contributed by atoms with van der Waals surface area (Å²) >= 11 is 1.65. The van der Waals surface area contributed by atoms with E-state index in [1.165, 1.54) is 10.4 Å². The highest BCUT2D eigenvalue weighted by Crippen LogP contribution is 2.12. The van der Waals surface area contributed by atoms with Gasteiger partial charge in [-0.05, 0) is 18.9 Å². The molecule has 0 spiro atoms. The second-order valence-electron chi connectivity index (χ2n) is 4.31. The lowest BCUT2D eigenvalue weighted by Crippen LogP contribution is -2.33. The topological polar surface area (TPSA) is 45.2 Å². The van der Waals surface area contributed by atoms with Crippen LogP contribution in [0.2, 0.25) is 0 Å². The maximum absolute atomic E-state index is 9.41. The van der Waals surface area contributed by atoms with Crippen molar-refractivity contribution in [1.29, 1.82) is 0 Å². The maximum Gasteiger partial charge on any atom is 0.0798 e. The molecule has 1 heterocycles. The standard InChI is InChI=1S/C14H18N2OS/c1-11-14(18-10-16-11)8-15-13(9-17)7-12-5-3-2-4-6-12/h2-6,10,13,15,17H,7-9H2,1H3. The van der Waals surface area contributed by atoms with Gasteiger partial charge in [0.25, 0.3) is 0 Å². The molecule has 1 aromatic heterocycles. The zero-order chi connectivity index (χ0) is 12.8. The number of nitrogens with one attached hydrogen (secondary N) is 1. The number of hydrogen-bond acceptors (Lipinski definition) is 4. The largest absolute Gasteiger partial charge is 0.395 e. The molecular weight excluding hydrogens is 244 g/mol. The Labute approximate surface area is 112 Å². The van der Waals surface area contributed by atoms with Gasteiger partial charge in [0.05, 0.1) is 17.8 Å². The maximum atomic E-state index is 9.41. The average molecular weight is 262 g/mol. The van der Waals surface area contributed by atoms with Gasteiger partial charge in [-0.15, -0.1) is 11.3 Å². The van der Waals surface area contributed by atoms with Crippen molar-refractivity contribution in [3.8, 4) is 0 Å². The van der Waals surface area contributed by atoms with Gasteiger partial charge >= 0.3 is 0 Å². The van der Waals surface area contributed by atoms with Crippen LogP contribution in [0.3, 0.4) is 0 Å². The Bertz CT molecular complexity index is 470. The molecule has 0 saturated carbocycles. The van der Waals surface area contributed by atoms with Crippen LogP contribution < -0.4 is 5.32 Å². The third-order valence-electron chi connectivity index (χ3n) is 2.94. The fourth-order valence-electron chi connectivity index (χ4n) is 1.83. The summed E-state index contributed by atoms with van der Waals surface area (Å²) in [6.45, 7) is 2.93. The Morgan fingerprint density at radius 3 is 2.72 bits per heavy atom. The number of aliphatic hydroxyl groups is 1. The predicted octanol–water partition coefficient (Wildman–Crippen LogP) is 2.14. The number of nitrogens with zero attached hydrogens (tertiary/aromatic N) is 1. The molecule has 0 fully saturated rings. The molecule has 0 radical (unpaired) electrons. The Morgan fingerprint density at radius 2 is 2.11 bits per heavy atom. The van der Waals surface area contributed by atoms with Crippen LogP contribution in [0.1, 0.15) is 16.1 Å². The molecule has 0 saturated heterocycles. The predicted molar refractivity (Wildman–Crippen MR) is 74.7 cm³/mol. The first-order valence-electron chi connectivity index (χ1n) is 6.06. The van der Waals surface area contributed by atoms with Crippen molar-refractivity contribution in [2.45, 2.75) is 25.9 Å². The average Bonchev–Trinajstić information content (AvgIpc) is 2.81. The van der Waals surface area contributed by atoms with E-state index in [1.807, 2.05) is 30.6 Å². The van der Waals surface area contributed by atoms with Crippen molar-refractivity contribution in [1.82, 2.24) is 10.3 Å². The number of rotatable bonds is 6. The van der Waals surface area contributed by atoms with Crippen LogP contribution >= 0.6 is 11.3 Å². The molecule has 1 aromatic carbocycles. The van der Waals surface area contributed by atoms with Crippen molar-refractivity contribution < 1.29 is 5.11 Å². The van der Waals surface area contributed by atoms with Gasteiger partial charge in [-0.1, -0.05) is 30.3 Å². The molecule has 2 N–H and O–H groups in total. The molecule has 1 unspecified atom stereocenters. The van der Waals surface area contributed by atoms with Crippen molar-refractivity contribution >= 4 is 11.3 Å². The van der Waals surface area contributed by atoms with Gasteiger partial charge < -0.3 is 10.4 Å². The highest BCUT2D eigenvalue weighted by molar-refractivity contribution is 7.09. The molecule has 2 aromatic rings. The highest BCUT2D eigenvalue weighted by atomic mass is 32.1. The molecule has 0 bridgehead atoms. The number of benzene rings is 1. The van der Waals surface area contributed by atoms with Crippen LogP contribution in [0, 0.1) is 6.92 Å². The van der Waals surface area contributed by atoms with Crippen LogP contribution in [0.4, 0.5) is 0 Å². The first-order valence-corrected chi connectivity index (χ1v) is 6.94. The minimum Gasteiger partial charge on any atom is -0.395 e. The van der Waals surface area contributed by atoms with E-state index in [4.69, 9.17) is 0 Å². The van der Waals surface area contributed by atoms with Gasteiger partial charge in [0.2, 0.25) is 0 Å². The summed E-state index contributed by atoms with van der Waals surface area (Å²) in [5.41, 5.74) is 4.17. The van der Waals surface area contributed by atoms with Crippen molar-refractivity contribution in [3.63, 3.8) is 0 Å². The second-order valence-corrected chi connectivity index (χ2v) is 5.25. The van der Waals surface area contributed by atoms with Gasteiger partial charge in [0, 0.05) is 17.5 Å². The van der Waals surface area contributed by atoms with E-state index in [1.54, 1.807) is 11.3 Å². The van der Waals surface area contributed by atoms with E-state index in [-0.39, 0.29) is 12.6 Å². The van der Waals surface area contributed by atoms with E-state index in [2.05, 4.69) is 22.4 Å². The van der Waals surface area contributed by atoms with E-state index in [9.17, 15) is 5.11 Å². The van der Waals surface area contributed by atoms with Crippen molar-refractivity contribution in [2.75, 3.05) is 6.61 Å². The summed E-state index contributed by atoms with van der Waals surface area (Å²) in [5, 5.41) is 12.8. The second kappa shape index (κ2) is 6.64. The summed E-state index contributed by atoms with van der Waals surface area (Å²) in [6, 6.07) is 10.3. The lowest BCUT2D eigenvalue weighted by atomic mass is 10.1. The van der Waals surface area contributed by atoms with E-state index in [0.29, 0.717) is 0 Å². The molecule has 0 aliphatic heterocycles. The summed E-state index contributed by atoms with van der Waals surface area (Å²) in [5.74, 6) is 0. The van der Waals surface area contributed by atoms with Gasteiger partial charge in [-0.25, -0.2) is 4.98 Å². The van der Waals surface area contributed by atoms with Gasteiger partial charge in [-0.2, -0.15) is 0 Å². The minimum absolute atomic E-state index is 0.0916. The van der Waals surface area contributed by atoms with E-state index >= 15 is 0 Å². The first kappa shape index (κ1) is 13.2. The van der Waals surface area contributed by atoms with Gasteiger partial charge in [0.1, 0.15) is 0 Å². The number of thiazole rings is 1. The smallest absolute Gasteiger partial charge is 0.0798 e. The number of aromatic nitrogens is 1. The zero-order valence-corrected chi connectivity index (χ0v) is 11.3. The molecular formula is C14H18N2OS. The van der Waals surface area contributed by atoms with Crippen molar-refractivity contribution in [3.05, 3.63) is 52.0 Å². The Morgan fingerprint density at radius 1 is 1.33 bits per heavy atom. The summed E-state index contributed by atoms with van der Waals surface area (Å²) in [4.78, 5) is 5.46. The molecule has 4 heteroatoms. The molecule has 0 aliphatic carbocycles. The molecule has 0 aliphatic rings. The third kappa shape index (κ3) is 3.63. The van der Waals surface area contributed by atoms with E-state index in [0.717, 1.165) is 18.7 Å². The lowest BCUT2D eigenvalue weighted by molar-refractivity contribution is 0.241. The van der Waals surface area contributed by atoms with Crippen LogP contribution in [0.5, 0.6) is 0 Å². The third-order valence-corrected chi connectivity index (χ3v) is 3.88. The first-order chi connectivity index (χ1) is 8.79. The summed E-state index contributed by atoms with van der Waals surface area (Å²) in [6.07, 6.45) is 0.842. The molecule has 0 amide bonds. The Kier molecular flexibility index (Phi) is 4.87.